The number of fused-ring (bicyclic) bond motifs is 1. The van der Waals surface area contributed by atoms with Crippen LogP contribution in [-0.2, 0) is 6.54 Å². The fraction of sp³-hybridized carbons (Fsp3) is 0.143. The standard InChI is InChI=1S/C14H13N5O2/c1-9(20)19-12-11(13(21)17-14(19)15)18(8-16-12)7-10-5-3-2-4-6-10/h2-6,8H,7H2,1H3,(H2,15,17,21). The molecular formula is C14H13N5O2. The molecule has 0 atom stereocenters. The van der Waals surface area contributed by atoms with Crippen molar-refractivity contribution in [2.45, 2.75) is 13.5 Å². The van der Waals surface area contributed by atoms with Crippen molar-refractivity contribution in [1.29, 1.82) is 0 Å². The van der Waals surface area contributed by atoms with Crippen LogP contribution in [0.1, 0.15) is 17.3 Å². The van der Waals surface area contributed by atoms with Crippen molar-refractivity contribution in [1.82, 2.24) is 19.1 Å². The summed E-state index contributed by atoms with van der Waals surface area (Å²) in [5.74, 6) is -0.486. The van der Waals surface area contributed by atoms with E-state index in [-0.39, 0.29) is 23.0 Å². The molecule has 0 unspecified atom stereocenters. The molecule has 0 bridgehead atoms. The number of aromatic nitrogens is 4. The lowest BCUT2D eigenvalue weighted by molar-refractivity contribution is 0.0942. The van der Waals surface area contributed by atoms with Crippen LogP contribution in [0.2, 0.25) is 0 Å². The van der Waals surface area contributed by atoms with Gasteiger partial charge < -0.3 is 10.3 Å². The second-order valence-electron chi connectivity index (χ2n) is 4.66. The highest BCUT2D eigenvalue weighted by atomic mass is 16.2. The van der Waals surface area contributed by atoms with Gasteiger partial charge in [-0.1, -0.05) is 30.3 Å². The quantitative estimate of drug-likeness (QED) is 0.753. The number of nitrogen functional groups attached to an aromatic ring is 1. The molecule has 3 rings (SSSR count). The number of anilines is 1. The number of carbonyl (C=O) groups excluding carboxylic acids is 1. The molecule has 2 aromatic heterocycles. The van der Waals surface area contributed by atoms with Gasteiger partial charge in [-0.3, -0.25) is 9.59 Å². The van der Waals surface area contributed by atoms with Crippen molar-refractivity contribution in [3.63, 3.8) is 0 Å². The summed E-state index contributed by atoms with van der Waals surface area (Å²) in [5.41, 5.74) is 6.66. The Kier molecular flexibility index (Phi) is 3.02. The monoisotopic (exact) mass is 283 g/mol. The average Bonchev–Trinajstić information content (AvgIpc) is 2.83. The fourth-order valence-corrected chi connectivity index (χ4v) is 2.28. The van der Waals surface area contributed by atoms with E-state index in [1.165, 1.54) is 13.3 Å². The maximum Gasteiger partial charge on any atom is 0.300 e. The van der Waals surface area contributed by atoms with Gasteiger partial charge in [0.15, 0.2) is 11.2 Å². The molecule has 0 aliphatic heterocycles. The van der Waals surface area contributed by atoms with Gasteiger partial charge in [0.1, 0.15) is 0 Å². The predicted octanol–water partition coefficient (Wildman–Crippen LogP) is 0.884. The number of imidazole rings is 1. The number of hydrogen-bond acceptors (Lipinski definition) is 5. The Bertz CT molecular complexity index is 880. The summed E-state index contributed by atoms with van der Waals surface area (Å²) in [6, 6.07) is 9.64. The van der Waals surface area contributed by atoms with Crippen molar-refractivity contribution in [2.75, 3.05) is 5.73 Å². The fourth-order valence-electron chi connectivity index (χ4n) is 2.28. The summed E-state index contributed by atoms with van der Waals surface area (Å²) in [5, 5.41) is 0. The minimum atomic E-state index is -0.492. The predicted molar refractivity (Wildman–Crippen MR) is 78.0 cm³/mol. The summed E-state index contributed by atoms with van der Waals surface area (Å²) in [6.45, 7) is 1.81. The third-order valence-electron chi connectivity index (χ3n) is 3.19. The van der Waals surface area contributed by atoms with Crippen LogP contribution in [0.15, 0.2) is 41.5 Å². The van der Waals surface area contributed by atoms with E-state index in [4.69, 9.17) is 5.73 Å². The lowest BCUT2D eigenvalue weighted by atomic mass is 10.2. The van der Waals surface area contributed by atoms with Gasteiger partial charge in [-0.2, -0.15) is 4.98 Å². The van der Waals surface area contributed by atoms with Crippen molar-refractivity contribution in [3.8, 4) is 0 Å². The van der Waals surface area contributed by atoms with Crippen molar-refractivity contribution in [3.05, 3.63) is 52.6 Å². The van der Waals surface area contributed by atoms with E-state index in [0.29, 0.717) is 6.54 Å². The van der Waals surface area contributed by atoms with Crippen molar-refractivity contribution >= 4 is 23.0 Å². The van der Waals surface area contributed by atoms with Crippen LogP contribution >= 0.6 is 0 Å². The Hall–Kier alpha value is -2.96. The highest BCUT2D eigenvalue weighted by Crippen LogP contribution is 2.13. The van der Waals surface area contributed by atoms with E-state index < -0.39 is 5.56 Å². The van der Waals surface area contributed by atoms with Crippen LogP contribution in [0.25, 0.3) is 11.2 Å². The first kappa shape index (κ1) is 13.0. The van der Waals surface area contributed by atoms with Crippen molar-refractivity contribution < 1.29 is 4.79 Å². The number of nitrogens with zero attached hydrogens (tertiary/aromatic N) is 4. The van der Waals surface area contributed by atoms with Crippen LogP contribution in [0.4, 0.5) is 5.95 Å². The van der Waals surface area contributed by atoms with Crippen LogP contribution in [-0.4, -0.2) is 25.0 Å². The van der Waals surface area contributed by atoms with E-state index in [2.05, 4.69) is 9.97 Å². The molecule has 0 saturated heterocycles. The number of benzene rings is 1. The molecule has 7 heteroatoms. The van der Waals surface area contributed by atoms with Crippen LogP contribution < -0.4 is 11.3 Å². The molecule has 0 aliphatic carbocycles. The highest BCUT2D eigenvalue weighted by molar-refractivity contribution is 5.88. The number of hydrogen-bond donors (Lipinski definition) is 1. The van der Waals surface area contributed by atoms with Crippen molar-refractivity contribution in [2.24, 2.45) is 0 Å². The molecule has 3 aromatic rings. The zero-order valence-corrected chi connectivity index (χ0v) is 11.4. The van der Waals surface area contributed by atoms with Gasteiger partial charge in [-0.25, -0.2) is 9.55 Å². The minimum Gasteiger partial charge on any atom is -0.369 e. The number of nitrogens with two attached hydrogens (primary N) is 1. The molecule has 0 spiro atoms. The second-order valence-corrected chi connectivity index (χ2v) is 4.66. The average molecular weight is 283 g/mol. The molecule has 2 N–H and O–H groups in total. The Morgan fingerprint density at radius 3 is 2.67 bits per heavy atom. The molecule has 21 heavy (non-hydrogen) atoms. The molecule has 1 aromatic carbocycles. The van der Waals surface area contributed by atoms with Gasteiger partial charge >= 0.3 is 5.56 Å². The number of carbonyl (C=O) groups is 1. The first-order valence-electron chi connectivity index (χ1n) is 6.36. The first-order valence-corrected chi connectivity index (χ1v) is 6.36. The van der Waals surface area contributed by atoms with Gasteiger partial charge in [-0.15, -0.1) is 0 Å². The highest BCUT2D eigenvalue weighted by Gasteiger charge is 2.16. The Morgan fingerprint density at radius 1 is 1.29 bits per heavy atom. The SMILES string of the molecule is CC(=O)n1c(N)nc(=O)c2c1ncn2Cc1ccccc1. The Labute approximate surface area is 119 Å². The molecule has 2 heterocycles. The lowest BCUT2D eigenvalue weighted by Crippen LogP contribution is -2.22. The topological polar surface area (TPSA) is 95.8 Å². The molecule has 0 aliphatic rings. The van der Waals surface area contributed by atoms with Gasteiger partial charge in [0, 0.05) is 13.5 Å². The summed E-state index contributed by atoms with van der Waals surface area (Å²) < 4.78 is 2.80. The summed E-state index contributed by atoms with van der Waals surface area (Å²) in [6.07, 6.45) is 1.51. The maximum absolute atomic E-state index is 12.1. The van der Waals surface area contributed by atoms with Crippen LogP contribution in [0, 0.1) is 0 Å². The van der Waals surface area contributed by atoms with E-state index in [0.717, 1.165) is 10.1 Å². The maximum atomic E-state index is 12.1. The van der Waals surface area contributed by atoms with Gasteiger partial charge in [0.05, 0.1) is 6.33 Å². The molecule has 106 valence electrons. The zero-order chi connectivity index (χ0) is 15.0. The van der Waals surface area contributed by atoms with E-state index in [1.807, 2.05) is 30.3 Å². The van der Waals surface area contributed by atoms with E-state index in [1.54, 1.807) is 4.57 Å². The third kappa shape index (κ3) is 2.18. The minimum absolute atomic E-state index is 0.148. The van der Waals surface area contributed by atoms with Gasteiger partial charge in [0.25, 0.3) is 0 Å². The molecular weight excluding hydrogens is 270 g/mol. The van der Waals surface area contributed by atoms with Gasteiger partial charge in [0.2, 0.25) is 11.9 Å². The smallest absolute Gasteiger partial charge is 0.300 e. The third-order valence-corrected chi connectivity index (χ3v) is 3.19. The zero-order valence-electron chi connectivity index (χ0n) is 11.4. The molecule has 0 fully saturated rings. The largest absolute Gasteiger partial charge is 0.369 e. The second kappa shape index (κ2) is 4.86. The molecule has 7 nitrogen and oxygen atoms in total. The van der Waals surface area contributed by atoms with Crippen LogP contribution in [0.3, 0.4) is 0 Å². The molecule has 0 amide bonds. The van der Waals surface area contributed by atoms with Crippen LogP contribution in [0.5, 0.6) is 0 Å². The normalized spacial score (nSPS) is 10.9. The van der Waals surface area contributed by atoms with Gasteiger partial charge in [-0.05, 0) is 5.56 Å². The number of rotatable bonds is 2. The summed E-state index contributed by atoms with van der Waals surface area (Å²) in [7, 11) is 0. The van der Waals surface area contributed by atoms with E-state index >= 15 is 0 Å². The molecule has 0 saturated carbocycles. The Balaban J connectivity index is 2.21. The molecule has 0 radical (unpaired) electrons. The lowest BCUT2D eigenvalue weighted by Gasteiger charge is -2.07. The first-order chi connectivity index (χ1) is 10.1. The summed E-state index contributed by atoms with van der Waals surface area (Å²) in [4.78, 5) is 31.6. The summed E-state index contributed by atoms with van der Waals surface area (Å²) >= 11 is 0. The van der Waals surface area contributed by atoms with E-state index in [9.17, 15) is 9.59 Å². The Morgan fingerprint density at radius 2 is 2.00 bits per heavy atom.